The maximum Gasteiger partial charge on any atom is 0.307 e. The Labute approximate surface area is 99.7 Å². The SMILES string of the molecule is N#CCCc1cc(CC#N)ccc1CC(=O)O. The average Bonchev–Trinajstić information content (AvgIpc) is 2.29. The third kappa shape index (κ3) is 3.96. The second kappa shape index (κ2) is 6.30. The van der Waals surface area contributed by atoms with Gasteiger partial charge in [-0.15, -0.1) is 0 Å². The van der Waals surface area contributed by atoms with Crippen LogP contribution in [-0.4, -0.2) is 11.1 Å². The molecule has 0 saturated heterocycles. The van der Waals surface area contributed by atoms with Crippen LogP contribution in [0.25, 0.3) is 0 Å². The number of aliphatic carboxylic acids is 1. The van der Waals surface area contributed by atoms with Crippen molar-refractivity contribution in [2.24, 2.45) is 0 Å². The fraction of sp³-hybridized carbons (Fsp3) is 0.308. The number of benzene rings is 1. The van der Waals surface area contributed by atoms with Gasteiger partial charge in [-0.2, -0.15) is 10.5 Å². The summed E-state index contributed by atoms with van der Waals surface area (Å²) in [6.45, 7) is 0. The van der Waals surface area contributed by atoms with Crippen LogP contribution < -0.4 is 0 Å². The molecule has 0 spiro atoms. The monoisotopic (exact) mass is 228 g/mol. The van der Waals surface area contributed by atoms with Crippen LogP contribution in [0.5, 0.6) is 0 Å². The maximum atomic E-state index is 10.7. The van der Waals surface area contributed by atoms with Gasteiger partial charge in [0.2, 0.25) is 0 Å². The van der Waals surface area contributed by atoms with E-state index in [1.54, 1.807) is 12.1 Å². The number of nitriles is 2. The van der Waals surface area contributed by atoms with Crippen molar-refractivity contribution in [1.82, 2.24) is 0 Å². The fourth-order valence-corrected chi connectivity index (χ4v) is 1.64. The molecule has 0 bridgehead atoms. The van der Waals surface area contributed by atoms with Gasteiger partial charge in [-0.25, -0.2) is 0 Å². The first-order valence-corrected chi connectivity index (χ1v) is 5.23. The second-order valence-corrected chi connectivity index (χ2v) is 3.67. The zero-order chi connectivity index (χ0) is 12.7. The number of carbonyl (C=O) groups is 1. The molecule has 0 atom stereocenters. The quantitative estimate of drug-likeness (QED) is 0.833. The van der Waals surface area contributed by atoms with Crippen molar-refractivity contribution in [3.05, 3.63) is 34.9 Å². The molecule has 4 heteroatoms. The fourth-order valence-electron chi connectivity index (χ4n) is 1.64. The maximum absolute atomic E-state index is 10.7. The molecule has 0 saturated carbocycles. The summed E-state index contributed by atoms with van der Waals surface area (Å²) >= 11 is 0. The number of carboxylic acids is 1. The molecule has 1 aromatic rings. The summed E-state index contributed by atoms with van der Waals surface area (Å²) in [5.74, 6) is -0.892. The van der Waals surface area contributed by atoms with E-state index in [0.717, 1.165) is 16.7 Å². The lowest BCUT2D eigenvalue weighted by atomic mass is 9.97. The van der Waals surface area contributed by atoms with Crippen LogP contribution in [0, 0.1) is 22.7 Å². The van der Waals surface area contributed by atoms with E-state index in [1.807, 2.05) is 18.2 Å². The van der Waals surface area contributed by atoms with Crippen molar-refractivity contribution < 1.29 is 9.90 Å². The number of nitrogens with zero attached hydrogens (tertiary/aromatic N) is 2. The van der Waals surface area contributed by atoms with E-state index in [9.17, 15) is 4.79 Å². The molecule has 0 heterocycles. The molecule has 0 radical (unpaired) electrons. The summed E-state index contributed by atoms with van der Waals surface area (Å²) in [6, 6.07) is 9.39. The van der Waals surface area contributed by atoms with Crippen LogP contribution in [-0.2, 0) is 24.1 Å². The predicted octanol–water partition coefficient (Wildman–Crippen LogP) is 1.84. The molecule has 0 aliphatic rings. The van der Waals surface area contributed by atoms with Gasteiger partial charge in [0.1, 0.15) is 0 Å². The summed E-state index contributed by atoms with van der Waals surface area (Å²) in [6.07, 6.45) is 1.13. The third-order valence-electron chi connectivity index (χ3n) is 2.40. The first-order valence-electron chi connectivity index (χ1n) is 5.23. The van der Waals surface area contributed by atoms with Gasteiger partial charge >= 0.3 is 5.97 Å². The highest BCUT2D eigenvalue weighted by Crippen LogP contribution is 2.15. The van der Waals surface area contributed by atoms with E-state index in [1.165, 1.54) is 0 Å². The van der Waals surface area contributed by atoms with Gasteiger partial charge < -0.3 is 5.11 Å². The highest BCUT2D eigenvalue weighted by molar-refractivity contribution is 5.70. The van der Waals surface area contributed by atoms with E-state index in [2.05, 4.69) is 0 Å². The second-order valence-electron chi connectivity index (χ2n) is 3.67. The Kier molecular flexibility index (Phi) is 4.72. The van der Waals surface area contributed by atoms with Crippen LogP contribution in [0.2, 0.25) is 0 Å². The molecule has 0 unspecified atom stereocenters. The minimum absolute atomic E-state index is 0.0480. The average molecular weight is 228 g/mol. The Bertz CT molecular complexity index is 495. The first kappa shape index (κ1) is 12.7. The molecular weight excluding hydrogens is 216 g/mol. The van der Waals surface area contributed by atoms with Gasteiger partial charge in [0.15, 0.2) is 0 Å². The summed E-state index contributed by atoms with van der Waals surface area (Å²) in [4.78, 5) is 10.7. The molecule has 0 aromatic heterocycles. The van der Waals surface area contributed by atoms with Crippen molar-refractivity contribution in [2.75, 3.05) is 0 Å². The van der Waals surface area contributed by atoms with E-state index >= 15 is 0 Å². The van der Waals surface area contributed by atoms with Gasteiger partial charge in [0, 0.05) is 6.42 Å². The normalized spacial score (nSPS) is 9.29. The topological polar surface area (TPSA) is 84.9 Å². The van der Waals surface area contributed by atoms with E-state index in [-0.39, 0.29) is 6.42 Å². The minimum atomic E-state index is -0.892. The minimum Gasteiger partial charge on any atom is -0.481 e. The molecule has 0 fully saturated rings. The molecule has 4 nitrogen and oxygen atoms in total. The van der Waals surface area contributed by atoms with E-state index in [4.69, 9.17) is 15.6 Å². The lowest BCUT2D eigenvalue weighted by molar-refractivity contribution is -0.136. The number of rotatable bonds is 5. The Balaban J connectivity index is 2.99. The largest absolute Gasteiger partial charge is 0.481 e. The standard InChI is InChI=1S/C13H12N2O2/c14-6-1-2-11-8-10(5-7-15)3-4-12(11)9-13(16)17/h3-4,8H,1-2,5,9H2,(H,16,17). The molecule has 17 heavy (non-hydrogen) atoms. The van der Waals surface area contributed by atoms with Crippen LogP contribution in [0.15, 0.2) is 18.2 Å². The van der Waals surface area contributed by atoms with Gasteiger partial charge in [-0.3, -0.25) is 4.79 Å². The van der Waals surface area contributed by atoms with Gasteiger partial charge in [0.05, 0.1) is 25.0 Å². The van der Waals surface area contributed by atoms with Crippen LogP contribution >= 0.6 is 0 Å². The first-order chi connectivity index (χ1) is 8.17. The van der Waals surface area contributed by atoms with E-state index < -0.39 is 5.97 Å². The highest BCUT2D eigenvalue weighted by Gasteiger charge is 2.07. The van der Waals surface area contributed by atoms with Gasteiger partial charge in [-0.1, -0.05) is 18.2 Å². The molecule has 0 amide bonds. The number of hydrogen-bond acceptors (Lipinski definition) is 3. The lowest BCUT2D eigenvalue weighted by Gasteiger charge is -2.07. The van der Waals surface area contributed by atoms with Crippen molar-refractivity contribution in [3.63, 3.8) is 0 Å². The lowest BCUT2D eigenvalue weighted by Crippen LogP contribution is -2.04. The Morgan fingerprint density at radius 1 is 1.24 bits per heavy atom. The number of hydrogen-bond donors (Lipinski definition) is 1. The molecule has 1 aromatic carbocycles. The van der Waals surface area contributed by atoms with Crippen molar-refractivity contribution in [1.29, 1.82) is 10.5 Å². The molecule has 1 N–H and O–H groups in total. The molecule has 0 aliphatic carbocycles. The Morgan fingerprint density at radius 2 is 2.00 bits per heavy atom. The highest BCUT2D eigenvalue weighted by atomic mass is 16.4. The zero-order valence-corrected chi connectivity index (χ0v) is 9.31. The van der Waals surface area contributed by atoms with Crippen molar-refractivity contribution >= 4 is 5.97 Å². The molecular formula is C13H12N2O2. The predicted molar refractivity (Wildman–Crippen MR) is 61.0 cm³/mol. The summed E-state index contributed by atoms with van der Waals surface area (Å²) in [7, 11) is 0. The zero-order valence-electron chi connectivity index (χ0n) is 9.31. The smallest absolute Gasteiger partial charge is 0.307 e. The Morgan fingerprint density at radius 3 is 2.59 bits per heavy atom. The van der Waals surface area contributed by atoms with Gasteiger partial charge in [0.25, 0.3) is 0 Å². The number of aryl methyl sites for hydroxylation is 1. The summed E-state index contributed by atoms with van der Waals surface area (Å²) in [5.41, 5.74) is 2.42. The van der Waals surface area contributed by atoms with Crippen LogP contribution in [0.4, 0.5) is 0 Å². The molecule has 0 aliphatic heterocycles. The van der Waals surface area contributed by atoms with Crippen molar-refractivity contribution in [2.45, 2.75) is 25.7 Å². The number of carboxylic acid groups (broad SMARTS) is 1. The van der Waals surface area contributed by atoms with Crippen LogP contribution in [0.1, 0.15) is 23.1 Å². The van der Waals surface area contributed by atoms with Crippen molar-refractivity contribution in [3.8, 4) is 12.1 Å². The molecule has 1 rings (SSSR count). The van der Waals surface area contributed by atoms with E-state index in [0.29, 0.717) is 19.3 Å². The third-order valence-corrected chi connectivity index (χ3v) is 2.40. The van der Waals surface area contributed by atoms with Crippen LogP contribution in [0.3, 0.4) is 0 Å². The Hall–Kier alpha value is -2.33. The molecule has 86 valence electrons. The summed E-state index contributed by atoms with van der Waals surface area (Å²) < 4.78 is 0. The summed E-state index contributed by atoms with van der Waals surface area (Å²) in [5, 5.41) is 25.9. The van der Waals surface area contributed by atoms with Gasteiger partial charge in [-0.05, 0) is 23.1 Å².